The van der Waals surface area contributed by atoms with Crippen LogP contribution >= 0.6 is 0 Å². The summed E-state index contributed by atoms with van der Waals surface area (Å²) in [5.41, 5.74) is 9.16. The first-order chi connectivity index (χ1) is 12.5. The van der Waals surface area contributed by atoms with Gasteiger partial charge in [0.25, 0.3) is 0 Å². The van der Waals surface area contributed by atoms with Crippen molar-refractivity contribution in [3.8, 4) is 16.9 Å². The van der Waals surface area contributed by atoms with E-state index in [-0.39, 0.29) is 5.41 Å². The number of benzene rings is 3. The molecule has 26 heavy (non-hydrogen) atoms. The lowest BCUT2D eigenvalue weighted by Crippen LogP contribution is -2.15. The van der Waals surface area contributed by atoms with Gasteiger partial charge in [-0.05, 0) is 70.6 Å². The summed E-state index contributed by atoms with van der Waals surface area (Å²) >= 11 is 0. The van der Waals surface area contributed by atoms with E-state index in [1.165, 1.54) is 27.8 Å². The summed E-state index contributed by atoms with van der Waals surface area (Å²) in [5.74, 6) is 0.868. The van der Waals surface area contributed by atoms with Crippen LogP contribution in [0.4, 0.5) is 11.4 Å². The standard InChI is InChI=1S/C24H25NO/c1-5-16-6-12-20-21-13-9-18(15-23(21)24(2,3)22(20)14-16)25-17-7-10-19(26-4)11-8-17/h6-15,25H,5H2,1-4H3. The Kier molecular flexibility index (Phi) is 3.99. The first-order valence-electron chi connectivity index (χ1n) is 9.22. The maximum absolute atomic E-state index is 5.23. The molecule has 0 spiro atoms. The normalized spacial score (nSPS) is 13.8. The second-order valence-electron chi connectivity index (χ2n) is 7.47. The number of methoxy groups -OCH3 is 1. The van der Waals surface area contributed by atoms with Crippen molar-refractivity contribution in [2.45, 2.75) is 32.6 Å². The van der Waals surface area contributed by atoms with Crippen molar-refractivity contribution >= 4 is 11.4 Å². The second-order valence-corrected chi connectivity index (χ2v) is 7.47. The fourth-order valence-corrected chi connectivity index (χ4v) is 3.92. The number of anilines is 2. The van der Waals surface area contributed by atoms with Crippen LogP contribution in [0.5, 0.6) is 5.75 Å². The molecule has 3 aromatic carbocycles. The molecule has 0 unspecified atom stereocenters. The number of hydrogen-bond acceptors (Lipinski definition) is 2. The predicted octanol–water partition coefficient (Wildman–Crippen LogP) is 6.31. The van der Waals surface area contributed by atoms with Crippen LogP contribution < -0.4 is 10.1 Å². The largest absolute Gasteiger partial charge is 0.497 e. The highest BCUT2D eigenvalue weighted by Gasteiger charge is 2.35. The Morgan fingerprint density at radius 1 is 0.808 bits per heavy atom. The summed E-state index contributed by atoms with van der Waals surface area (Å²) < 4.78 is 5.23. The summed E-state index contributed by atoms with van der Waals surface area (Å²) in [6, 6.07) is 21.7. The zero-order valence-corrected chi connectivity index (χ0v) is 15.9. The van der Waals surface area contributed by atoms with Crippen LogP contribution in [0.25, 0.3) is 11.1 Å². The molecule has 0 radical (unpaired) electrons. The van der Waals surface area contributed by atoms with Gasteiger partial charge in [-0.15, -0.1) is 0 Å². The molecular weight excluding hydrogens is 318 g/mol. The van der Waals surface area contributed by atoms with Gasteiger partial charge in [0.05, 0.1) is 7.11 Å². The van der Waals surface area contributed by atoms with E-state index < -0.39 is 0 Å². The van der Waals surface area contributed by atoms with Crippen molar-refractivity contribution in [2.75, 3.05) is 12.4 Å². The molecule has 1 aliphatic carbocycles. The molecule has 0 atom stereocenters. The Morgan fingerprint density at radius 2 is 1.42 bits per heavy atom. The third-order valence-corrected chi connectivity index (χ3v) is 5.53. The Balaban J connectivity index is 1.70. The summed E-state index contributed by atoms with van der Waals surface area (Å²) in [6.45, 7) is 6.87. The number of rotatable bonds is 4. The maximum atomic E-state index is 5.23. The van der Waals surface area contributed by atoms with Gasteiger partial charge in [0.2, 0.25) is 0 Å². The van der Waals surface area contributed by atoms with E-state index in [9.17, 15) is 0 Å². The molecule has 0 bridgehead atoms. The van der Waals surface area contributed by atoms with Crippen LogP contribution in [0.3, 0.4) is 0 Å². The van der Waals surface area contributed by atoms with Crippen molar-refractivity contribution < 1.29 is 4.74 Å². The highest BCUT2D eigenvalue weighted by molar-refractivity contribution is 5.83. The molecule has 2 nitrogen and oxygen atoms in total. The minimum absolute atomic E-state index is 0.0213. The van der Waals surface area contributed by atoms with Gasteiger partial charge in [-0.3, -0.25) is 0 Å². The van der Waals surface area contributed by atoms with E-state index in [0.717, 1.165) is 23.5 Å². The van der Waals surface area contributed by atoms with E-state index in [1.807, 2.05) is 24.3 Å². The highest BCUT2D eigenvalue weighted by Crippen LogP contribution is 2.49. The highest BCUT2D eigenvalue weighted by atomic mass is 16.5. The number of aryl methyl sites for hydroxylation is 1. The van der Waals surface area contributed by atoms with Crippen LogP contribution in [0.1, 0.15) is 37.5 Å². The molecule has 1 N–H and O–H groups in total. The zero-order chi connectivity index (χ0) is 18.3. The van der Waals surface area contributed by atoms with Crippen LogP contribution in [-0.2, 0) is 11.8 Å². The molecule has 0 amide bonds. The Bertz CT molecular complexity index is 954. The van der Waals surface area contributed by atoms with Gasteiger partial charge < -0.3 is 10.1 Å². The topological polar surface area (TPSA) is 21.3 Å². The van der Waals surface area contributed by atoms with E-state index >= 15 is 0 Å². The van der Waals surface area contributed by atoms with Gasteiger partial charge in [-0.1, -0.05) is 45.0 Å². The van der Waals surface area contributed by atoms with Gasteiger partial charge in [0.1, 0.15) is 5.75 Å². The fourth-order valence-electron chi connectivity index (χ4n) is 3.92. The van der Waals surface area contributed by atoms with E-state index in [0.29, 0.717) is 0 Å². The van der Waals surface area contributed by atoms with E-state index in [2.05, 4.69) is 62.5 Å². The van der Waals surface area contributed by atoms with E-state index in [4.69, 9.17) is 4.74 Å². The van der Waals surface area contributed by atoms with Gasteiger partial charge >= 0.3 is 0 Å². The molecular formula is C24H25NO. The quantitative estimate of drug-likeness (QED) is 0.599. The first-order valence-corrected chi connectivity index (χ1v) is 9.22. The summed E-state index contributed by atoms with van der Waals surface area (Å²) in [4.78, 5) is 0. The van der Waals surface area contributed by atoms with Crippen molar-refractivity contribution in [1.82, 2.24) is 0 Å². The number of fused-ring (bicyclic) bond motifs is 3. The third kappa shape index (κ3) is 2.66. The van der Waals surface area contributed by atoms with Crippen LogP contribution in [0.2, 0.25) is 0 Å². The Labute approximate surface area is 155 Å². The van der Waals surface area contributed by atoms with Crippen molar-refractivity contribution in [3.05, 3.63) is 77.4 Å². The molecule has 3 aromatic rings. The molecule has 2 heteroatoms. The Hall–Kier alpha value is -2.74. The minimum Gasteiger partial charge on any atom is -0.497 e. The van der Waals surface area contributed by atoms with Crippen molar-refractivity contribution in [1.29, 1.82) is 0 Å². The zero-order valence-electron chi connectivity index (χ0n) is 15.9. The van der Waals surface area contributed by atoms with Gasteiger partial charge in [-0.25, -0.2) is 0 Å². The molecule has 132 valence electrons. The first kappa shape index (κ1) is 16.7. The predicted molar refractivity (Wildman–Crippen MR) is 110 cm³/mol. The molecule has 0 aromatic heterocycles. The SMILES string of the molecule is CCc1ccc2c(c1)C(C)(C)c1cc(Nc3ccc(OC)cc3)ccc1-2. The lowest BCUT2D eigenvalue weighted by Gasteiger charge is -2.22. The summed E-state index contributed by atoms with van der Waals surface area (Å²) in [7, 11) is 1.69. The van der Waals surface area contributed by atoms with Crippen molar-refractivity contribution in [3.63, 3.8) is 0 Å². The minimum atomic E-state index is 0.0213. The summed E-state index contributed by atoms with van der Waals surface area (Å²) in [6.07, 6.45) is 1.07. The van der Waals surface area contributed by atoms with Crippen LogP contribution in [0.15, 0.2) is 60.7 Å². The number of hydrogen-bond donors (Lipinski definition) is 1. The molecule has 0 fully saturated rings. The molecule has 0 aliphatic heterocycles. The van der Waals surface area contributed by atoms with Gasteiger partial charge in [0.15, 0.2) is 0 Å². The maximum Gasteiger partial charge on any atom is 0.119 e. The third-order valence-electron chi connectivity index (χ3n) is 5.53. The Morgan fingerprint density at radius 3 is 2.08 bits per heavy atom. The number of nitrogens with one attached hydrogen (secondary N) is 1. The number of ether oxygens (including phenoxy) is 1. The average Bonchev–Trinajstić information content (AvgIpc) is 2.89. The van der Waals surface area contributed by atoms with Gasteiger partial charge in [-0.2, -0.15) is 0 Å². The molecule has 0 heterocycles. The van der Waals surface area contributed by atoms with Gasteiger partial charge in [0, 0.05) is 16.8 Å². The molecule has 0 saturated heterocycles. The van der Waals surface area contributed by atoms with Crippen molar-refractivity contribution in [2.24, 2.45) is 0 Å². The monoisotopic (exact) mass is 343 g/mol. The summed E-state index contributed by atoms with van der Waals surface area (Å²) in [5, 5.41) is 3.52. The van der Waals surface area contributed by atoms with Crippen LogP contribution in [-0.4, -0.2) is 7.11 Å². The lowest BCUT2D eigenvalue weighted by atomic mass is 9.81. The second kappa shape index (κ2) is 6.21. The smallest absolute Gasteiger partial charge is 0.119 e. The van der Waals surface area contributed by atoms with E-state index in [1.54, 1.807) is 7.11 Å². The lowest BCUT2D eigenvalue weighted by molar-refractivity contribution is 0.415. The molecule has 1 aliphatic rings. The van der Waals surface area contributed by atoms with Crippen LogP contribution in [0, 0.1) is 0 Å². The fraction of sp³-hybridized carbons (Fsp3) is 0.250. The molecule has 4 rings (SSSR count). The molecule has 0 saturated carbocycles. The average molecular weight is 343 g/mol.